The van der Waals surface area contributed by atoms with Gasteiger partial charge in [-0.25, -0.2) is 4.98 Å². The first-order valence-corrected chi connectivity index (χ1v) is 10.3. The largest absolute Gasteiger partial charge is 0.439 e. The molecule has 140 valence electrons. The lowest BCUT2D eigenvalue weighted by molar-refractivity contribution is 0.495. The van der Waals surface area contributed by atoms with Gasteiger partial charge in [0.2, 0.25) is 5.89 Å². The van der Waals surface area contributed by atoms with Crippen LogP contribution in [-0.4, -0.2) is 35.0 Å². The van der Waals surface area contributed by atoms with Crippen LogP contribution in [0, 0.1) is 6.92 Å². The predicted molar refractivity (Wildman–Crippen MR) is 110 cm³/mol. The predicted octanol–water partition coefficient (Wildman–Crippen LogP) is 3.99. The van der Waals surface area contributed by atoms with Crippen molar-refractivity contribution in [2.75, 3.05) is 12.8 Å². The van der Waals surface area contributed by atoms with E-state index in [1.807, 2.05) is 0 Å². The molecule has 1 aromatic heterocycles. The van der Waals surface area contributed by atoms with Crippen molar-refractivity contribution in [1.82, 2.24) is 15.6 Å². The van der Waals surface area contributed by atoms with Crippen LogP contribution in [0.1, 0.15) is 37.6 Å². The molecule has 2 N–H and O–H groups in total. The second-order valence-electron chi connectivity index (χ2n) is 6.64. The Morgan fingerprint density at radius 3 is 2.85 bits per heavy atom. The van der Waals surface area contributed by atoms with E-state index in [9.17, 15) is 0 Å². The molecule has 2 unspecified atom stereocenters. The van der Waals surface area contributed by atoms with E-state index in [4.69, 9.17) is 4.42 Å². The van der Waals surface area contributed by atoms with Crippen molar-refractivity contribution in [3.63, 3.8) is 0 Å². The van der Waals surface area contributed by atoms with Crippen LogP contribution in [0.4, 0.5) is 0 Å². The normalized spacial score (nSPS) is 20.3. The number of thioether (sulfide) groups is 1. The number of oxazole rings is 1. The second kappa shape index (κ2) is 9.12. The number of aromatic nitrogens is 1. The van der Waals surface area contributed by atoms with E-state index < -0.39 is 0 Å². The number of benzene rings is 1. The summed E-state index contributed by atoms with van der Waals surface area (Å²) in [5.74, 6) is 3.46. The molecule has 3 rings (SSSR count). The molecule has 5 nitrogen and oxygen atoms in total. The van der Waals surface area contributed by atoms with Crippen LogP contribution in [0.15, 0.2) is 39.9 Å². The van der Waals surface area contributed by atoms with Crippen molar-refractivity contribution in [1.29, 1.82) is 0 Å². The van der Waals surface area contributed by atoms with E-state index in [0.29, 0.717) is 18.5 Å². The number of hydrogen-bond acceptors (Lipinski definition) is 4. The summed E-state index contributed by atoms with van der Waals surface area (Å²) >= 11 is 2.06. The zero-order chi connectivity index (χ0) is 18.4. The van der Waals surface area contributed by atoms with Crippen molar-refractivity contribution < 1.29 is 4.42 Å². The van der Waals surface area contributed by atoms with Gasteiger partial charge in [-0.15, -0.1) is 0 Å². The average molecular weight is 373 g/mol. The van der Waals surface area contributed by atoms with Crippen LogP contribution < -0.4 is 10.6 Å². The molecule has 0 radical (unpaired) electrons. The first-order valence-electron chi connectivity index (χ1n) is 9.28. The molecule has 6 heteroatoms. The van der Waals surface area contributed by atoms with Gasteiger partial charge in [-0.05, 0) is 31.9 Å². The van der Waals surface area contributed by atoms with Crippen molar-refractivity contribution in [2.24, 2.45) is 4.99 Å². The van der Waals surface area contributed by atoms with Gasteiger partial charge in [-0.1, -0.05) is 36.8 Å². The summed E-state index contributed by atoms with van der Waals surface area (Å²) in [6, 6.07) is 8.76. The van der Waals surface area contributed by atoms with Crippen LogP contribution >= 0.6 is 11.8 Å². The van der Waals surface area contributed by atoms with E-state index >= 15 is 0 Å². The molecular weight excluding hydrogens is 344 g/mol. The number of nitrogens with one attached hydrogen (secondary N) is 2. The third kappa shape index (κ3) is 5.04. The number of aryl methyl sites for hydroxylation is 1. The topological polar surface area (TPSA) is 62.5 Å². The van der Waals surface area contributed by atoms with Gasteiger partial charge in [0.1, 0.15) is 0 Å². The Kier molecular flexibility index (Phi) is 6.61. The molecule has 1 heterocycles. The van der Waals surface area contributed by atoms with Crippen LogP contribution in [-0.2, 0) is 6.54 Å². The zero-order valence-corrected chi connectivity index (χ0v) is 16.6. The summed E-state index contributed by atoms with van der Waals surface area (Å²) in [6.07, 6.45) is 5.47. The van der Waals surface area contributed by atoms with Crippen LogP contribution in [0.25, 0.3) is 11.3 Å². The molecule has 2 atom stereocenters. The highest BCUT2D eigenvalue weighted by Gasteiger charge is 2.25. The number of aliphatic imine (C=N–C) groups is 1. The van der Waals surface area contributed by atoms with Crippen molar-refractivity contribution in [3.8, 4) is 11.3 Å². The monoisotopic (exact) mass is 372 g/mol. The lowest BCUT2D eigenvalue weighted by Crippen LogP contribution is -2.42. The number of guanidine groups is 1. The Balaban J connectivity index is 1.51. The molecule has 0 bridgehead atoms. The molecule has 0 saturated heterocycles. The van der Waals surface area contributed by atoms with E-state index in [0.717, 1.165) is 22.5 Å². The van der Waals surface area contributed by atoms with Crippen LogP contribution in [0.5, 0.6) is 0 Å². The van der Waals surface area contributed by atoms with Gasteiger partial charge in [-0.2, -0.15) is 11.8 Å². The summed E-state index contributed by atoms with van der Waals surface area (Å²) in [6.45, 7) is 4.82. The summed E-state index contributed by atoms with van der Waals surface area (Å²) < 4.78 is 5.86. The van der Waals surface area contributed by atoms with Gasteiger partial charge in [0.25, 0.3) is 0 Å². The van der Waals surface area contributed by atoms with Crippen molar-refractivity contribution >= 4 is 17.7 Å². The SMILES string of the molecule is CCSC1CCC(NC(=NC)NCc2ncc(-c3ccc(C)cc3)o2)C1. The minimum absolute atomic E-state index is 0.498. The van der Waals surface area contributed by atoms with E-state index in [1.165, 1.54) is 30.6 Å². The minimum Gasteiger partial charge on any atom is -0.439 e. The van der Waals surface area contributed by atoms with Gasteiger partial charge in [0.05, 0.1) is 12.7 Å². The highest BCUT2D eigenvalue weighted by atomic mass is 32.2. The standard InChI is InChI=1S/C20H28N4OS/c1-4-26-17-10-9-16(11-17)24-20(21-3)23-13-19-22-12-18(25-19)15-7-5-14(2)6-8-15/h5-8,12,16-17H,4,9-11,13H2,1-3H3,(H2,21,23,24). The number of nitrogens with zero attached hydrogens (tertiary/aromatic N) is 2. The molecule has 1 fully saturated rings. The molecule has 0 amide bonds. The summed E-state index contributed by atoms with van der Waals surface area (Å²) in [5.41, 5.74) is 2.28. The highest BCUT2D eigenvalue weighted by Crippen LogP contribution is 2.29. The van der Waals surface area contributed by atoms with Crippen LogP contribution in [0.3, 0.4) is 0 Å². The summed E-state index contributed by atoms with van der Waals surface area (Å²) in [5, 5.41) is 7.61. The average Bonchev–Trinajstić information content (AvgIpc) is 3.29. The van der Waals surface area contributed by atoms with Gasteiger partial charge in [-0.3, -0.25) is 4.99 Å². The quantitative estimate of drug-likeness (QED) is 0.593. The van der Waals surface area contributed by atoms with E-state index in [1.54, 1.807) is 13.2 Å². The molecule has 1 aliphatic carbocycles. The Morgan fingerprint density at radius 2 is 2.12 bits per heavy atom. The summed E-state index contributed by atoms with van der Waals surface area (Å²) in [7, 11) is 1.80. The van der Waals surface area contributed by atoms with E-state index in [-0.39, 0.29) is 0 Å². The first-order chi connectivity index (χ1) is 12.7. The Hall–Kier alpha value is -1.95. The fourth-order valence-corrected chi connectivity index (χ4v) is 4.39. The smallest absolute Gasteiger partial charge is 0.214 e. The van der Waals surface area contributed by atoms with Gasteiger partial charge in [0, 0.05) is 23.9 Å². The van der Waals surface area contributed by atoms with E-state index in [2.05, 4.69) is 70.5 Å². The maximum absolute atomic E-state index is 5.86. The third-order valence-corrected chi connectivity index (χ3v) is 5.88. The molecule has 0 aliphatic heterocycles. The van der Waals surface area contributed by atoms with Gasteiger partial charge in [0.15, 0.2) is 11.7 Å². The highest BCUT2D eigenvalue weighted by molar-refractivity contribution is 7.99. The Bertz CT molecular complexity index is 726. The number of rotatable bonds is 6. The first kappa shape index (κ1) is 18.8. The minimum atomic E-state index is 0.498. The number of hydrogen-bond donors (Lipinski definition) is 2. The van der Waals surface area contributed by atoms with Gasteiger partial charge >= 0.3 is 0 Å². The lowest BCUT2D eigenvalue weighted by Gasteiger charge is -2.16. The van der Waals surface area contributed by atoms with Crippen molar-refractivity contribution in [3.05, 3.63) is 41.9 Å². The molecule has 1 aliphatic rings. The lowest BCUT2D eigenvalue weighted by atomic mass is 10.1. The van der Waals surface area contributed by atoms with Gasteiger partial charge < -0.3 is 15.1 Å². The van der Waals surface area contributed by atoms with Crippen LogP contribution in [0.2, 0.25) is 0 Å². The second-order valence-corrected chi connectivity index (χ2v) is 8.22. The molecule has 1 aromatic carbocycles. The zero-order valence-electron chi connectivity index (χ0n) is 15.8. The fourth-order valence-electron chi connectivity index (χ4n) is 3.25. The summed E-state index contributed by atoms with van der Waals surface area (Å²) in [4.78, 5) is 8.70. The maximum Gasteiger partial charge on any atom is 0.214 e. The molecule has 26 heavy (non-hydrogen) atoms. The van der Waals surface area contributed by atoms with Crippen molar-refractivity contribution in [2.45, 2.75) is 50.9 Å². The molecule has 2 aromatic rings. The third-order valence-electron chi connectivity index (χ3n) is 4.65. The fraction of sp³-hybridized carbons (Fsp3) is 0.500. The maximum atomic E-state index is 5.86. The Labute approximate surface area is 160 Å². The molecule has 0 spiro atoms. The molecule has 1 saturated carbocycles. The Morgan fingerprint density at radius 1 is 1.31 bits per heavy atom. The molecular formula is C20H28N4OS.